The molecule has 4 rings (SSSR count). The lowest BCUT2D eigenvalue weighted by molar-refractivity contribution is -0.137. The van der Waals surface area contributed by atoms with Crippen LogP contribution in [0.1, 0.15) is 55.2 Å². The van der Waals surface area contributed by atoms with Crippen LogP contribution in [-0.4, -0.2) is 45.9 Å². The van der Waals surface area contributed by atoms with Gasteiger partial charge in [-0.3, -0.25) is 4.79 Å². The molecular weight excluding hydrogens is 507 g/mol. The Morgan fingerprint density at radius 3 is 2.32 bits per heavy atom. The Labute approximate surface area is 207 Å². The minimum absolute atomic E-state index is 0.117. The highest BCUT2D eigenvalue weighted by atomic mass is 79.9. The molecule has 1 saturated carbocycles. The zero-order valence-electron chi connectivity index (χ0n) is 19.0. The highest BCUT2D eigenvalue weighted by molar-refractivity contribution is 9.10. The number of rotatable bonds is 6. The lowest BCUT2D eigenvalue weighted by Crippen LogP contribution is -2.48. The van der Waals surface area contributed by atoms with E-state index in [0.29, 0.717) is 18.2 Å². The third kappa shape index (κ3) is 6.48. The van der Waals surface area contributed by atoms with Gasteiger partial charge in [0.25, 0.3) is 0 Å². The van der Waals surface area contributed by atoms with Crippen molar-refractivity contribution in [3.8, 4) is 0 Å². The first-order valence-corrected chi connectivity index (χ1v) is 12.6. The first kappa shape index (κ1) is 24.9. The quantitative estimate of drug-likeness (QED) is 0.321. The van der Waals surface area contributed by atoms with Crippen molar-refractivity contribution < 1.29 is 18.0 Å². The summed E-state index contributed by atoms with van der Waals surface area (Å²) >= 11 is 3.35. The summed E-state index contributed by atoms with van der Waals surface area (Å²) in [5, 5.41) is 0. The number of alkyl halides is 3. The molecule has 1 aromatic heterocycles. The van der Waals surface area contributed by atoms with Gasteiger partial charge in [-0.05, 0) is 77.0 Å². The Balaban J connectivity index is 1.46. The van der Waals surface area contributed by atoms with Gasteiger partial charge in [-0.25, -0.2) is 4.98 Å². The molecule has 2 heterocycles. The molecule has 0 unspecified atom stereocenters. The fourth-order valence-electron chi connectivity index (χ4n) is 4.96. The topological polar surface area (TPSA) is 36.4 Å². The molecule has 8 heteroatoms. The molecule has 34 heavy (non-hydrogen) atoms. The standard InChI is InChI=1S/C26H29BrF3N3O/c27-24-11-7-20(17-31-24)18-33(23-13-15-32(16-14-23)22-3-1-2-4-22)25(34)12-8-19-5-9-21(10-6-19)26(28,29)30/h5-12,17,22-23H,1-4,13-16,18H2. The molecule has 182 valence electrons. The van der Waals surface area contributed by atoms with E-state index in [9.17, 15) is 18.0 Å². The van der Waals surface area contributed by atoms with Crippen molar-refractivity contribution in [2.75, 3.05) is 13.1 Å². The van der Waals surface area contributed by atoms with Crippen molar-refractivity contribution in [2.45, 2.75) is 63.3 Å². The van der Waals surface area contributed by atoms with E-state index in [0.717, 1.165) is 48.2 Å². The number of carbonyl (C=O) groups excluding carboxylic acids is 1. The lowest BCUT2D eigenvalue weighted by Gasteiger charge is -2.40. The molecule has 1 amide bonds. The van der Waals surface area contributed by atoms with E-state index in [1.165, 1.54) is 43.9 Å². The van der Waals surface area contributed by atoms with Crippen LogP contribution in [0.3, 0.4) is 0 Å². The maximum Gasteiger partial charge on any atom is 0.416 e. The molecule has 1 saturated heterocycles. The molecule has 4 nitrogen and oxygen atoms in total. The Bertz CT molecular complexity index is 978. The van der Waals surface area contributed by atoms with Gasteiger partial charge in [-0.2, -0.15) is 13.2 Å². The minimum Gasteiger partial charge on any atom is -0.332 e. The molecule has 0 radical (unpaired) electrons. The second-order valence-electron chi connectivity index (χ2n) is 9.11. The van der Waals surface area contributed by atoms with Gasteiger partial charge in [-0.15, -0.1) is 0 Å². The van der Waals surface area contributed by atoms with Crippen LogP contribution >= 0.6 is 15.9 Å². The minimum atomic E-state index is -4.37. The number of benzene rings is 1. The predicted molar refractivity (Wildman–Crippen MR) is 130 cm³/mol. The number of hydrogen-bond acceptors (Lipinski definition) is 3. The highest BCUT2D eigenvalue weighted by Gasteiger charge is 2.31. The van der Waals surface area contributed by atoms with Crippen molar-refractivity contribution in [3.05, 3.63) is 70.0 Å². The van der Waals surface area contributed by atoms with Crippen LogP contribution in [-0.2, 0) is 17.5 Å². The molecule has 2 aromatic rings. The monoisotopic (exact) mass is 535 g/mol. The van der Waals surface area contributed by atoms with Crippen LogP contribution in [0.25, 0.3) is 6.08 Å². The summed E-state index contributed by atoms with van der Waals surface area (Å²) < 4.78 is 39.2. The van der Waals surface area contributed by atoms with E-state index < -0.39 is 11.7 Å². The van der Waals surface area contributed by atoms with E-state index in [1.54, 1.807) is 12.3 Å². The molecule has 1 aromatic carbocycles. The fraction of sp³-hybridized carbons (Fsp3) is 0.462. The van der Waals surface area contributed by atoms with Gasteiger partial charge >= 0.3 is 6.18 Å². The summed E-state index contributed by atoms with van der Waals surface area (Å²) in [5.41, 5.74) is 0.801. The number of pyridine rings is 1. The average molecular weight is 536 g/mol. The van der Waals surface area contributed by atoms with Crippen molar-refractivity contribution in [1.82, 2.24) is 14.8 Å². The Morgan fingerprint density at radius 1 is 1.06 bits per heavy atom. The third-order valence-corrected chi connectivity index (χ3v) is 7.33. The van der Waals surface area contributed by atoms with Gasteiger partial charge in [-0.1, -0.05) is 31.0 Å². The van der Waals surface area contributed by atoms with Crippen LogP contribution in [0, 0.1) is 0 Å². The first-order chi connectivity index (χ1) is 16.3. The molecule has 0 spiro atoms. The van der Waals surface area contributed by atoms with E-state index in [-0.39, 0.29) is 11.9 Å². The lowest BCUT2D eigenvalue weighted by atomic mass is 10.00. The van der Waals surface area contributed by atoms with Crippen molar-refractivity contribution >= 4 is 27.9 Å². The summed E-state index contributed by atoms with van der Waals surface area (Å²) in [5.74, 6) is -0.137. The summed E-state index contributed by atoms with van der Waals surface area (Å²) in [6.45, 7) is 2.42. The number of nitrogens with zero attached hydrogens (tertiary/aromatic N) is 3. The molecule has 1 aliphatic carbocycles. The second-order valence-corrected chi connectivity index (χ2v) is 9.93. The molecular formula is C26H29BrF3N3O. The maximum absolute atomic E-state index is 13.3. The predicted octanol–water partition coefficient (Wildman–Crippen LogP) is 6.31. The number of aromatic nitrogens is 1. The van der Waals surface area contributed by atoms with Crippen LogP contribution in [0.4, 0.5) is 13.2 Å². The van der Waals surface area contributed by atoms with Crippen LogP contribution in [0.5, 0.6) is 0 Å². The molecule has 1 aliphatic heterocycles. The SMILES string of the molecule is O=C(C=Cc1ccc(C(F)(F)F)cc1)N(Cc1ccc(Br)nc1)C1CCN(C2CCCC2)CC1. The van der Waals surface area contributed by atoms with Gasteiger partial charge in [0.15, 0.2) is 0 Å². The second kappa shape index (κ2) is 11.0. The van der Waals surface area contributed by atoms with E-state index >= 15 is 0 Å². The third-order valence-electron chi connectivity index (χ3n) is 6.86. The summed E-state index contributed by atoms with van der Waals surface area (Å²) in [6.07, 6.45) is 7.43. The zero-order valence-corrected chi connectivity index (χ0v) is 20.6. The number of amides is 1. The highest BCUT2D eigenvalue weighted by Crippen LogP contribution is 2.30. The average Bonchev–Trinajstić information content (AvgIpc) is 3.37. The summed E-state index contributed by atoms with van der Waals surface area (Å²) in [7, 11) is 0. The smallest absolute Gasteiger partial charge is 0.332 e. The largest absolute Gasteiger partial charge is 0.416 e. The van der Waals surface area contributed by atoms with Gasteiger partial charge in [0, 0.05) is 44.0 Å². The number of carbonyl (C=O) groups is 1. The van der Waals surface area contributed by atoms with Gasteiger partial charge in [0.2, 0.25) is 5.91 Å². The molecule has 0 bridgehead atoms. The fourth-order valence-corrected chi connectivity index (χ4v) is 5.20. The molecule has 0 N–H and O–H groups in total. The summed E-state index contributed by atoms with van der Waals surface area (Å²) in [6, 6.07) is 9.45. The number of likely N-dealkylation sites (tertiary alicyclic amines) is 1. The molecule has 2 fully saturated rings. The van der Waals surface area contributed by atoms with Crippen LogP contribution < -0.4 is 0 Å². The summed E-state index contributed by atoms with van der Waals surface area (Å²) in [4.78, 5) is 22.0. The van der Waals surface area contributed by atoms with Gasteiger partial charge in [0.1, 0.15) is 4.60 Å². The van der Waals surface area contributed by atoms with Crippen molar-refractivity contribution in [1.29, 1.82) is 0 Å². The number of halogens is 4. The van der Waals surface area contributed by atoms with E-state index in [4.69, 9.17) is 0 Å². The van der Waals surface area contributed by atoms with E-state index in [2.05, 4.69) is 25.8 Å². The van der Waals surface area contributed by atoms with Gasteiger partial charge < -0.3 is 9.80 Å². The molecule has 2 aliphatic rings. The molecule has 0 atom stereocenters. The van der Waals surface area contributed by atoms with Crippen LogP contribution in [0.15, 0.2) is 53.3 Å². The Morgan fingerprint density at radius 2 is 1.74 bits per heavy atom. The van der Waals surface area contributed by atoms with E-state index in [1.807, 2.05) is 17.0 Å². The van der Waals surface area contributed by atoms with Crippen molar-refractivity contribution in [2.24, 2.45) is 0 Å². The number of hydrogen-bond donors (Lipinski definition) is 0. The Hall–Kier alpha value is -2.19. The van der Waals surface area contributed by atoms with Crippen molar-refractivity contribution in [3.63, 3.8) is 0 Å². The normalized spacial score (nSPS) is 18.6. The zero-order chi connectivity index (χ0) is 24.1. The van der Waals surface area contributed by atoms with Crippen LogP contribution in [0.2, 0.25) is 0 Å². The number of piperidine rings is 1. The Kier molecular flexibility index (Phi) is 8.09. The van der Waals surface area contributed by atoms with Gasteiger partial charge in [0.05, 0.1) is 5.56 Å². The maximum atomic E-state index is 13.3. The first-order valence-electron chi connectivity index (χ1n) is 11.8.